The van der Waals surface area contributed by atoms with Crippen LogP contribution in [-0.4, -0.2) is 79.7 Å². The van der Waals surface area contributed by atoms with Crippen molar-refractivity contribution in [3.8, 4) is 0 Å². The van der Waals surface area contributed by atoms with E-state index in [4.69, 9.17) is 30.4 Å². The Morgan fingerprint density at radius 2 is 1.10 bits per heavy atom. The van der Waals surface area contributed by atoms with Crippen molar-refractivity contribution in [2.45, 2.75) is 46.0 Å². The van der Waals surface area contributed by atoms with Crippen molar-refractivity contribution in [1.29, 1.82) is 0 Å². The van der Waals surface area contributed by atoms with Gasteiger partial charge in [-0.1, -0.05) is 0 Å². The molecular weight excluding hydrogens is 1360 g/mol. The van der Waals surface area contributed by atoms with Crippen LogP contribution >= 0.6 is 136 Å². The summed E-state index contributed by atoms with van der Waals surface area (Å²) in [6.07, 6.45) is -1.35. The van der Waals surface area contributed by atoms with E-state index in [1.807, 2.05) is 136 Å². The number of esters is 4. The van der Waals surface area contributed by atoms with Crippen LogP contribution in [0.4, 0.5) is 11.4 Å². The van der Waals surface area contributed by atoms with Gasteiger partial charge in [0, 0.05) is 38.4 Å². The minimum atomic E-state index is -1.35. The number of nitrogen functional groups attached to an aromatic ring is 1. The molecule has 16 nitrogen and oxygen atoms in total. The number of rotatable bonds is 14. The number of carbonyl (C=O) groups is 7. The number of amides is 3. The maximum absolute atomic E-state index is 14.0. The third kappa shape index (κ3) is 13.3. The van der Waals surface area contributed by atoms with Gasteiger partial charge in [0.25, 0.3) is 17.7 Å². The normalized spacial score (nSPS) is 11.9. The number of ether oxygens (including phenoxy) is 4. The first-order valence-corrected chi connectivity index (χ1v) is 20.5. The molecule has 278 valence electrons. The van der Waals surface area contributed by atoms with Gasteiger partial charge in [-0.15, -0.1) is 0 Å². The fourth-order valence-electron chi connectivity index (χ4n) is 3.94. The maximum Gasteiger partial charge on any atom is 0.304 e. The van der Waals surface area contributed by atoms with Crippen LogP contribution in [0.3, 0.4) is 0 Å². The van der Waals surface area contributed by atoms with Gasteiger partial charge in [0.05, 0.1) is 44.8 Å². The Hall–Kier alpha value is -1.13. The molecule has 2 aromatic rings. The van der Waals surface area contributed by atoms with Crippen LogP contribution in [-0.2, 0) is 38.1 Å². The lowest BCUT2D eigenvalue weighted by atomic mass is 10.1. The zero-order valence-corrected chi connectivity index (χ0v) is 39.8. The van der Waals surface area contributed by atoms with Gasteiger partial charge >= 0.3 is 23.9 Å². The smallest absolute Gasteiger partial charge is 0.304 e. The van der Waals surface area contributed by atoms with Crippen LogP contribution in [0.1, 0.15) is 58.8 Å². The lowest BCUT2D eigenvalue weighted by Gasteiger charge is -2.25. The molecule has 0 aromatic heterocycles. The molecule has 0 aliphatic rings. The summed E-state index contributed by atoms with van der Waals surface area (Å²) in [5.74, 6) is -4.52. The van der Waals surface area contributed by atoms with E-state index in [9.17, 15) is 33.6 Å². The second-order valence-corrected chi connectivity index (χ2v) is 16.8. The molecule has 0 spiro atoms. The topological polar surface area (TPSA) is 245 Å². The summed E-state index contributed by atoms with van der Waals surface area (Å²) in [5, 5.41) is 8.16. The summed E-state index contributed by atoms with van der Waals surface area (Å²) in [6.45, 7) is 3.75. The van der Waals surface area contributed by atoms with Gasteiger partial charge in [-0.2, -0.15) is 0 Å². The molecule has 0 fully saturated rings. The Morgan fingerprint density at radius 3 is 1.59 bits per heavy atom. The Kier molecular flexibility index (Phi) is 19.0. The van der Waals surface area contributed by atoms with Gasteiger partial charge in [0.2, 0.25) is 0 Å². The van der Waals surface area contributed by atoms with E-state index in [2.05, 4.69) is 16.0 Å². The van der Waals surface area contributed by atoms with Gasteiger partial charge in [0.15, 0.2) is 6.23 Å². The summed E-state index contributed by atoms with van der Waals surface area (Å²) in [4.78, 5) is 87.1. The van der Waals surface area contributed by atoms with Crippen molar-refractivity contribution >= 4 is 189 Å². The zero-order valence-electron chi connectivity index (χ0n) is 26.8. The van der Waals surface area contributed by atoms with Crippen molar-refractivity contribution in [3.05, 3.63) is 44.2 Å². The second-order valence-electron chi connectivity index (χ2n) is 10.2. The highest BCUT2D eigenvalue weighted by molar-refractivity contribution is 14.1. The third-order valence-electron chi connectivity index (χ3n) is 6.23. The van der Waals surface area contributed by atoms with Crippen LogP contribution in [0.15, 0.2) is 6.07 Å². The number of halogens is 6. The number of nitrogens with two attached hydrogens (primary N) is 2. The second kappa shape index (κ2) is 21.1. The number of carbonyl (C=O) groups excluding carboxylic acids is 7. The maximum atomic E-state index is 14.0. The Balaban J connectivity index is 2.54. The predicted octanol–water partition coefficient (Wildman–Crippen LogP) is 3.88. The SMILES string of the molecule is CC(=O)OCC(COC(C)=O)NC(=O)c1c(I)c(N)c(I)c(NC(=O)c2c(I)cc(I)c(C(=O)NC(COC(C)=O)C(N)OC(C)=O)c2I)c1I. The first kappa shape index (κ1) is 46.0. The highest BCUT2D eigenvalue weighted by Crippen LogP contribution is 2.38. The number of nitrogens with one attached hydrogen (secondary N) is 3. The van der Waals surface area contributed by atoms with Gasteiger partial charge in [-0.25, -0.2) is 0 Å². The Labute approximate surface area is 373 Å². The van der Waals surface area contributed by atoms with Gasteiger partial charge in [0.1, 0.15) is 25.9 Å². The standard InChI is InChI=1S/C29H29I6N5O11/c1-9(41)48-6-13(7-49-10(2)42)38-29(47)19-21(33)24(36)23(35)25(22(19)34)40-28(46)18-15(31)5-14(30)17(20(18)32)27(45)39-16(8-50-11(3)43)26(37)51-12(4)44/h5,13,16,26H,6-8,36-37H2,1-4H3,(H,38,47)(H,39,45)(H,40,46). The van der Waals surface area contributed by atoms with Crippen molar-refractivity contribution in [1.82, 2.24) is 10.6 Å². The average molecular weight is 1380 g/mol. The van der Waals surface area contributed by atoms with Gasteiger partial charge < -0.3 is 40.6 Å². The molecule has 0 aliphatic heterocycles. The molecule has 7 N–H and O–H groups in total. The highest BCUT2D eigenvalue weighted by Gasteiger charge is 2.31. The summed E-state index contributed by atoms with van der Waals surface area (Å²) in [5.41, 5.74) is 13.1. The van der Waals surface area contributed by atoms with Crippen LogP contribution in [0.25, 0.3) is 0 Å². The largest absolute Gasteiger partial charge is 0.464 e. The van der Waals surface area contributed by atoms with E-state index >= 15 is 0 Å². The fraction of sp³-hybridized carbons (Fsp3) is 0.345. The third-order valence-corrected chi connectivity index (χ3v) is 12.3. The minimum absolute atomic E-state index is 0.0998. The lowest BCUT2D eigenvalue weighted by molar-refractivity contribution is -0.150. The van der Waals surface area contributed by atoms with Crippen LogP contribution < -0.4 is 27.4 Å². The first-order valence-electron chi connectivity index (χ1n) is 14.1. The average Bonchev–Trinajstić information content (AvgIpc) is 3.00. The molecule has 0 saturated heterocycles. The molecule has 0 radical (unpaired) electrons. The quantitative estimate of drug-likeness (QED) is 0.0594. The van der Waals surface area contributed by atoms with E-state index in [1.54, 1.807) is 6.07 Å². The van der Waals surface area contributed by atoms with E-state index < -0.39 is 66.5 Å². The predicted molar refractivity (Wildman–Crippen MR) is 234 cm³/mol. The van der Waals surface area contributed by atoms with Crippen molar-refractivity contribution in [2.75, 3.05) is 30.9 Å². The van der Waals surface area contributed by atoms with Gasteiger partial charge in [-0.3, -0.25) is 39.3 Å². The van der Waals surface area contributed by atoms with Crippen molar-refractivity contribution in [3.63, 3.8) is 0 Å². The Morgan fingerprint density at radius 1 is 0.627 bits per heavy atom. The Bertz CT molecular complexity index is 1740. The molecule has 2 unspecified atom stereocenters. The molecule has 0 saturated carbocycles. The summed E-state index contributed by atoms with van der Waals surface area (Å²) in [6, 6.07) is -0.408. The molecule has 51 heavy (non-hydrogen) atoms. The number of hydrogen-bond acceptors (Lipinski definition) is 13. The molecule has 22 heteroatoms. The molecule has 2 atom stereocenters. The minimum Gasteiger partial charge on any atom is -0.464 e. The molecule has 0 aliphatic carbocycles. The van der Waals surface area contributed by atoms with Crippen LogP contribution in [0, 0.1) is 21.4 Å². The highest BCUT2D eigenvalue weighted by atomic mass is 127. The molecule has 0 bridgehead atoms. The molecular formula is C29H29I6N5O11. The number of anilines is 2. The molecule has 3 amide bonds. The lowest BCUT2D eigenvalue weighted by Crippen LogP contribution is -2.52. The van der Waals surface area contributed by atoms with Crippen LogP contribution in [0.5, 0.6) is 0 Å². The zero-order chi connectivity index (χ0) is 38.9. The summed E-state index contributed by atoms with van der Waals surface area (Å²) < 4.78 is 22.4. The van der Waals surface area contributed by atoms with Crippen LogP contribution in [0.2, 0.25) is 0 Å². The number of benzene rings is 2. The summed E-state index contributed by atoms with van der Waals surface area (Å²) in [7, 11) is 0. The van der Waals surface area contributed by atoms with Crippen molar-refractivity contribution in [2.24, 2.45) is 5.73 Å². The van der Waals surface area contributed by atoms with E-state index in [0.717, 1.165) is 6.92 Å². The molecule has 2 aromatic carbocycles. The van der Waals surface area contributed by atoms with Gasteiger partial charge in [-0.05, 0) is 142 Å². The van der Waals surface area contributed by atoms with E-state index in [1.165, 1.54) is 20.8 Å². The van der Waals surface area contributed by atoms with E-state index in [0.29, 0.717) is 17.9 Å². The molecule has 0 heterocycles. The fourth-order valence-corrected chi connectivity index (χ4v) is 12.2. The number of hydrogen-bond donors (Lipinski definition) is 5. The molecule has 2 rings (SSSR count). The summed E-state index contributed by atoms with van der Waals surface area (Å²) >= 11 is 11.5. The monoisotopic (exact) mass is 1380 g/mol. The van der Waals surface area contributed by atoms with Crippen molar-refractivity contribution < 1.29 is 52.5 Å². The first-order chi connectivity index (χ1) is 23.7. The van der Waals surface area contributed by atoms with E-state index in [-0.39, 0.29) is 44.8 Å².